The average Bonchev–Trinajstić information content (AvgIpc) is 3.39. The number of amides is 2. The Bertz CT molecular complexity index is 1400. The summed E-state index contributed by atoms with van der Waals surface area (Å²) in [5, 5.41) is 22.0. The Balaban J connectivity index is 1.78. The summed E-state index contributed by atoms with van der Waals surface area (Å²) in [5.74, 6) is -0.463. The maximum Gasteiger partial charge on any atom is 0.269 e. The molecule has 0 saturated heterocycles. The summed E-state index contributed by atoms with van der Waals surface area (Å²) in [7, 11) is 4.95. The van der Waals surface area contributed by atoms with Crippen LogP contribution in [0.25, 0.3) is 22.3 Å². The third kappa shape index (κ3) is 4.09. The number of hydrogen-bond acceptors (Lipinski definition) is 6. The third-order valence-corrected chi connectivity index (χ3v) is 5.88. The Hall–Kier alpha value is -4.21. The third-order valence-electron chi connectivity index (χ3n) is 5.88. The van der Waals surface area contributed by atoms with Gasteiger partial charge in [0.15, 0.2) is 0 Å². The summed E-state index contributed by atoms with van der Waals surface area (Å²) in [6, 6.07) is 7.99. The predicted octanol–water partition coefficient (Wildman–Crippen LogP) is 2.50. The van der Waals surface area contributed by atoms with E-state index in [2.05, 4.69) is 20.5 Å². The molecule has 2 N–H and O–H groups in total. The van der Waals surface area contributed by atoms with Crippen LogP contribution in [-0.4, -0.2) is 60.5 Å². The molecule has 10 nitrogen and oxygen atoms in total. The van der Waals surface area contributed by atoms with E-state index in [9.17, 15) is 14.7 Å². The van der Waals surface area contributed by atoms with Crippen LogP contribution in [0.2, 0.25) is 0 Å². The number of aromatic hydroxyl groups is 1. The van der Waals surface area contributed by atoms with Crippen molar-refractivity contribution in [2.45, 2.75) is 26.9 Å². The van der Waals surface area contributed by atoms with Crippen molar-refractivity contribution < 1.29 is 14.7 Å². The summed E-state index contributed by atoms with van der Waals surface area (Å²) in [4.78, 5) is 32.0. The van der Waals surface area contributed by atoms with Crippen LogP contribution in [0, 0.1) is 6.92 Å². The molecule has 0 saturated carbocycles. The predicted molar refractivity (Wildman–Crippen MR) is 127 cm³/mol. The van der Waals surface area contributed by atoms with Crippen LogP contribution in [0.1, 0.15) is 39.0 Å². The summed E-state index contributed by atoms with van der Waals surface area (Å²) in [5.41, 5.74) is 4.18. The molecule has 3 heterocycles. The SMILES string of the molecule is CCn1ncc(CN(C)C(=O)c2cc(-c3cc(C(=O)NC)n(C)n3)nc3ccc(O)cc23)c1C. The smallest absolute Gasteiger partial charge is 0.269 e. The number of hydrogen-bond donors (Lipinski definition) is 2. The Labute approximate surface area is 196 Å². The fourth-order valence-corrected chi connectivity index (χ4v) is 3.95. The van der Waals surface area contributed by atoms with E-state index in [1.54, 1.807) is 50.4 Å². The monoisotopic (exact) mass is 461 g/mol. The molecule has 10 heteroatoms. The fourth-order valence-electron chi connectivity index (χ4n) is 3.95. The normalized spacial score (nSPS) is 11.1. The zero-order chi connectivity index (χ0) is 24.6. The minimum atomic E-state index is -0.272. The van der Waals surface area contributed by atoms with Gasteiger partial charge in [-0.2, -0.15) is 10.2 Å². The molecule has 1 aromatic carbocycles. The van der Waals surface area contributed by atoms with E-state index in [0.717, 1.165) is 17.8 Å². The molecule has 34 heavy (non-hydrogen) atoms. The first-order valence-electron chi connectivity index (χ1n) is 10.9. The van der Waals surface area contributed by atoms with Crippen LogP contribution in [0.4, 0.5) is 0 Å². The van der Waals surface area contributed by atoms with Crippen molar-refractivity contribution >= 4 is 22.7 Å². The average molecular weight is 462 g/mol. The maximum atomic E-state index is 13.6. The van der Waals surface area contributed by atoms with Gasteiger partial charge in [-0.3, -0.25) is 19.0 Å². The summed E-state index contributed by atoms with van der Waals surface area (Å²) in [6.07, 6.45) is 1.78. The van der Waals surface area contributed by atoms with Gasteiger partial charge >= 0.3 is 0 Å². The fraction of sp³-hybridized carbons (Fsp3) is 0.292. The lowest BCUT2D eigenvalue weighted by molar-refractivity contribution is 0.0786. The van der Waals surface area contributed by atoms with E-state index in [0.29, 0.717) is 40.1 Å². The zero-order valence-corrected chi connectivity index (χ0v) is 19.8. The lowest BCUT2D eigenvalue weighted by Gasteiger charge is -2.19. The number of aromatic nitrogens is 5. The number of phenolic OH excluding ortho intramolecular Hbond substituents is 1. The Morgan fingerprint density at radius 2 is 1.94 bits per heavy atom. The van der Waals surface area contributed by atoms with E-state index in [1.165, 1.54) is 16.8 Å². The van der Waals surface area contributed by atoms with E-state index >= 15 is 0 Å². The lowest BCUT2D eigenvalue weighted by Crippen LogP contribution is -2.26. The van der Waals surface area contributed by atoms with Gasteiger partial charge in [0.25, 0.3) is 11.8 Å². The molecule has 4 aromatic rings. The van der Waals surface area contributed by atoms with Gasteiger partial charge in [0.05, 0.1) is 23.0 Å². The molecule has 0 bridgehead atoms. The van der Waals surface area contributed by atoms with Crippen molar-refractivity contribution in [1.82, 2.24) is 34.8 Å². The molecule has 4 rings (SSSR count). The Kier molecular flexibility index (Phi) is 6.06. The van der Waals surface area contributed by atoms with Gasteiger partial charge in [0, 0.05) is 50.9 Å². The van der Waals surface area contributed by atoms with Crippen molar-refractivity contribution in [3.8, 4) is 17.1 Å². The van der Waals surface area contributed by atoms with E-state index in [4.69, 9.17) is 0 Å². The molecule has 0 aliphatic carbocycles. The second-order valence-electron chi connectivity index (χ2n) is 8.11. The molecule has 0 unspecified atom stereocenters. The standard InChI is InChI=1S/C24H27N7O3/c1-6-31-14(2)15(12-26-31)13-29(4)24(34)18-10-20(27-19-8-7-16(32)9-17(18)19)21-11-22(23(33)25-3)30(5)28-21/h7-12,32H,6,13H2,1-5H3,(H,25,33). The number of rotatable bonds is 6. The first kappa shape index (κ1) is 23.0. The molecular formula is C24H27N7O3. The van der Waals surface area contributed by atoms with Crippen molar-refractivity contribution in [3.63, 3.8) is 0 Å². The Morgan fingerprint density at radius 1 is 1.18 bits per heavy atom. The van der Waals surface area contributed by atoms with Crippen molar-refractivity contribution in [1.29, 1.82) is 0 Å². The van der Waals surface area contributed by atoms with Gasteiger partial charge in [0.2, 0.25) is 0 Å². The highest BCUT2D eigenvalue weighted by molar-refractivity contribution is 6.07. The number of nitrogens with zero attached hydrogens (tertiary/aromatic N) is 6. The summed E-state index contributed by atoms with van der Waals surface area (Å²) < 4.78 is 3.36. The van der Waals surface area contributed by atoms with Crippen molar-refractivity contribution in [2.75, 3.05) is 14.1 Å². The van der Waals surface area contributed by atoms with Crippen LogP contribution in [0.3, 0.4) is 0 Å². The number of nitrogens with one attached hydrogen (secondary N) is 1. The van der Waals surface area contributed by atoms with Gasteiger partial charge < -0.3 is 15.3 Å². The number of carbonyl (C=O) groups is 2. The topological polar surface area (TPSA) is 118 Å². The largest absolute Gasteiger partial charge is 0.508 e. The second-order valence-corrected chi connectivity index (χ2v) is 8.11. The molecule has 3 aromatic heterocycles. The molecule has 0 atom stereocenters. The highest BCUT2D eigenvalue weighted by Gasteiger charge is 2.21. The second kappa shape index (κ2) is 8.97. The van der Waals surface area contributed by atoms with Crippen molar-refractivity contribution in [2.24, 2.45) is 7.05 Å². The number of carbonyl (C=O) groups excluding carboxylic acids is 2. The number of pyridine rings is 1. The minimum absolute atomic E-state index is 0.0403. The first-order chi connectivity index (χ1) is 16.2. The number of phenols is 1. The van der Waals surface area contributed by atoms with Gasteiger partial charge in [-0.25, -0.2) is 4.98 Å². The number of aryl methyl sites for hydroxylation is 2. The molecule has 0 aliphatic heterocycles. The van der Waals surface area contributed by atoms with E-state index < -0.39 is 0 Å². The van der Waals surface area contributed by atoms with Gasteiger partial charge in [-0.05, 0) is 44.2 Å². The molecule has 2 amide bonds. The molecular weight excluding hydrogens is 434 g/mol. The summed E-state index contributed by atoms with van der Waals surface area (Å²) in [6.45, 7) is 5.13. The molecule has 0 radical (unpaired) electrons. The van der Waals surface area contributed by atoms with Crippen LogP contribution in [0.5, 0.6) is 5.75 Å². The molecule has 0 aliphatic rings. The first-order valence-corrected chi connectivity index (χ1v) is 10.9. The van der Waals surface area contributed by atoms with Crippen LogP contribution < -0.4 is 5.32 Å². The van der Waals surface area contributed by atoms with Crippen molar-refractivity contribution in [3.05, 3.63) is 59.0 Å². The van der Waals surface area contributed by atoms with E-state index in [-0.39, 0.29) is 17.6 Å². The van der Waals surface area contributed by atoms with Gasteiger partial charge in [-0.15, -0.1) is 0 Å². The van der Waals surface area contributed by atoms with Crippen LogP contribution in [-0.2, 0) is 20.1 Å². The summed E-state index contributed by atoms with van der Waals surface area (Å²) >= 11 is 0. The Morgan fingerprint density at radius 3 is 2.62 bits per heavy atom. The van der Waals surface area contributed by atoms with E-state index in [1.807, 2.05) is 18.5 Å². The molecule has 0 spiro atoms. The lowest BCUT2D eigenvalue weighted by atomic mass is 10.0. The number of benzene rings is 1. The highest BCUT2D eigenvalue weighted by Crippen LogP contribution is 2.28. The minimum Gasteiger partial charge on any atom is -0.508 e. The molecule has 176 valence electrons. The quantitative estimate of drug-likeness (QED) is 0.456. The van der Waals surface area contributed by atoms with Crippen LogP contribution in [0.15, 0.2) is 36.5 Å². The van der Waals surface area contributed by atoms with Gasteiger partial charge in [-0.1, -0.05) is 0 Å². The van der Waals surface area contributed by atoms with Crippen LogP contribution >= 0.6 is 0 Å². The molecule has 0 fully saturated rings. The number of fused-ring (bicyclic) bond motifs is 1. The highest BCUT2D eigenvalue weighted by atomic mass is 16.3. The van der Waals surface area contributed by atoms with Gasteiger partial charge in [0.1, 0.15) is 17.1 Å². The maximum absolute atomic E-state index is 13.6. The zero-order valence-electron chi connectivity index (χ0n) is 19.8.